The molecule has 2 atom stereocenters. The molecule has 1 aromatic rings. The molecule has 2 saturated carbocycles. The monoisotopic (exact) mass is 359 g/mol. The van der Waals surface area contributed by atoms with Gasteiger partial charge < -0.3 is 10.0 Å². The second-order valence-electron chi connectivity index (χ2n) is 8.89. The first-order valence-corrected chi connectivity index (χ1v) is 10.2. The number of hydrogen-bond donors (Lipinski definition) is 1. The highest BCUT2D eigenvalue weighted by Crippen LogP contribution is 2.54. The van der Waals surface area contributed by atoms with Crippen LogP contribution in [0.2, 0.25) is 0 Å². The molecule has 0 unspecified atom stereocenters. The molecule has 4 rings (SSSR count). The molecule has 26 heavy (non-hydrogen) atoms. The van der Waals surface area contributed by atoms with Crippen LogP contribution in [0.5, 0.6) is 0 Å². The van der Waals surface area contributed by atoms with Gasteiger partial charge in [-0.2, -0.15) is 0 Å². The average Bonchev–Trinajstić information content (AvgIpc) is 3.48. The molecule has 3 fully saturated rings. The fraction of sp³-hybridized carbons (Fsp3) is 0.682. The van der Waals surface area contributed by atoms with Gasteiger partial charge in [0.05, 0.1) is 5.41 Å². The fourth-order valence-corrected chi connectivity index (χ4v) is 5.63. The molecular formula is C22H30FNO2. The molecule has 1 N–H and O–H groups in total. The molecular weight excluding hydrogens is 329 g/mol. The van der Waals surface area contributed by atoms with Gasteiger partial charge in [0.25, 0.3) is 0 Å². The molecule has 1 saturated heterocycles. The van der Waals surface area contributed by atoms with Gasteiger partial charge >= 0.3 is 5.97 Å². The molecule has 4 heteroatoms. The molecule has 0 aromatic heterocycles. The Bertz CT molecular complexity index is 647. The number of benzene rings is 1. The lowest BCUT2D eigenvalue weighted by molar-refractivity contribution is -0.153. The molecule has 1 aromatic carbocycles. The third-order valence-corrected chi connectivity index (χ3v) is 7.38. The van der Waals surface area contributed by atoms with Crippen LogP contribution in [-0.2, 0) is 4.79 Å². The van der Waals surface area contributed by atoms with Crippen molar-refractivity contribution in [1.29, 1.82) is 0 Å². The van der Waals surface area contributed by atoms with E-state index in [-0.39, 0.29) is 5.82 Å². The molecule has 1 heterocycles. The van der Waals surface area contributed by atoms with Gasteiger partial charge in [-0.3, -0.25) is 4.79 Å². The third-order valence-electron chi connectivity index (χ3n) is 7.38. The topological polar surface area (TPSA) is 40.5 Å². The number of rotatable bonds is 4. The zero-order valence-electron chi connectivity index (χ0n) is 15.7. The van der Waals surface area contributed by atoms with E-state index in [4.69, 9.17) is 0 Å². The maximum atomic E-state index is 13.2. The van der Waals surface area contributed by atoms with Gasteiger partial charge in [-0.05, 0) is 86.9 Å². The highest BCUT2D eigenvalue weighted by atomic mass is 19.1. The van der Waals surface area contributed by atoms with Crippen molar-refractivity contribution in [3.63, 3.8) is 0 Å². The van der Waals surface area contributed by atoms with Crippen LogP contribution < -0.4 is 0 Å². The summed E-state index contributed by atoms with van der Waals surface area (Å²) in [7, 11) is 0. The number of carboxylic acids is 1. The van der Waals surface area contributed by atoms with E-state index >= 15 is 0 Å². The van der Waals surface area contributed by atoms with E-state index in [0.717, 1.165) is 58.0 Å². The van der Waals surface area contributed by atoms with Crippen LogP contribution in [-0.4, -0.2) is 35.1 Å². The Morgan fingerprint density at radius 3 is 2.31 bits per heavy atom. The van der Waals surface area contributed by atoms with Crippen LogP contribution in [0.1, 0.15) is 63.4 Å². The Balaban J connectivity index is 1.36. The molecule has 142 valence electrons. The number of carboxylic acid groups (broad SMARTS) is 1. The molecule has 3 nitrogen and oxygen atoms in total. The second-order valence-corrected chi connectivity index (χ2v) is 8.89. The normalized spacial score (nSPS) is 36.0. The van der Waals surface area contributed by atoms with E-state index < -0.39 is 11.4 Å². The summed E-state index contributed by atoms with van der Waals surface area (Å²) in [6.45, 7) is 4.44. The van der Waals surface area contributed by atoms with E-state index in [2.05, 4.69) is 11.8 Å². The summed E-state index contributed by atoms with van der Waals surface area (Å²) < 4.78 is 13.2. The Morgan fingerprint density at radius 2 is 1.77 bits per heavy atom. The number of carbonyl (C=O) groups is 1. The van der Waals surface area contributed by atoms with Gasteiger partial charge in [-0.1, -0.05) is 19.1 Å². The molecule has 1 aliphatic heterocycles. The summed E-state index contributed by atoms with van der Waals surface area (Å²) >= 11 is 0. The Hall–Kier alpha value is -1.42. The molecule has 3 aliphatic rings. The van der Waals surface area contributed by atoms with Gasteiger partial charge in [0.1, 0.15) is 5.82 Å². The van der Waals surface area contributed by atoms with Crippen LogP contribution >= 0.6 is 0 Å². The lowest BCUT2D eigenvalue weighted by Crippen LogP contribution is -2.48. The van der Waals surface area contributed by atoms with Crippen molar-refractivity contribution in [1.82, 2.24) is 4.90 Å². The summed E-state index contributed by atoms with van der Waals surface area (Å²) in [5, 5.41) is 9.78. The zero-order valence-corrected chi connectivity index (χ0v) is 15.7. The highest BCUT2D eigenvalue weighted by molar-refractivity contribution is 5.75. The number of halogens is 1. The first-order chi connectivity index (χ1) is 12.5. The first kappa shape index (κ1) is 18.0. The van der Waals surface area contributed by atoms with E-state index in [9.17, 15) is 14.3 Å². The van der Waals surface area contributed by atoms with Gasteiger partial charge in [0, 0.05) is 12.6 Å². The van der Waals surface area contributed by atoms with Gasteiger partial charge in [0.2, 0.25) is 0 Å². The number of likely N-dealkylation sites (tertiary alicyclic amines) is 1. The molecule has 0 radical (unpaired) electrons. The lowest BCUT2D eigenvalue weighted by atomic mass is 9.68. The summed E-state index contributed by atoms with van der Waals surface area (Å²) in [5.74, 6) is 0.758. The van der Waals surface area contributed by atoms with Crippen molar-refractivity contribution in [2.75, 3.05) is 13.1 Å². The van der Waals surface area contributed by atoms with Crippen molar-refractivity contribution in [3.05, 3.63) is 35.6 Å². The molecule has 2 aliphatic carbocycles. The minimum atomic E-state index is -0.554. The van der Waals surface area contributed by atoms with Crippen molar-refractivity contribution < 1.29 is 14.3 Å². The van der Waals surface area contributed by atoms with Crippen LogP contribution in [0.15, 0.2) is 24.3 Å². The number of aliphatic carboxylic acids is 1. The minimum absolute atomic E-state index is 0.168. The van der Waals surface area contributed by atoms with Crippen LogP contribution in [0.4, 0.5) is 4.39 Å². The minimum Gasteiger partial charge on any atom is -0.481 e. The maximum Gasteiger partial charge on any atom is 0.309 e. The van der Waals surface area contributed by atoms with Crippen LogP contribution in [0.25, 0.3) is 0 Å². The van der Waals surface area contributed by atoms with Crippen LogP contribution in [0.3, 0.4) is 0 Å². The summed E-state index contributed by atoms with van der Waals surface area (Å²) in [5.41, 5.74) is 0.829. The lowest BCUT2D eigenvalue weighted by Gasteiger charge is -2.46. The van der Waals surface area contributed by atoms with Crippen molar-refractivity contribution in [2.45, 2.75) is 63.8 Å². The number of piperidine rings is 1. The second kappa shape index (κ2) is 6.95. The average molecular weight is 359 g/mol. The van der Waals surface area contributed by atoms with Gasteiger partial charge in [-0.15, -0.1) is 0 Å². The Morgan fingerprint density at radius 1 is 1.12 bits per heavy atom. The number of hydrogen-bond acceptors (Lipinski definition) is 2. The molecule has 0 amide bonds. The van der Waals surface area contributed by atoms with Crippen molar-refractivity contribution in [2.24, 2.45) is 17.3 Å². The van der Waals surface area contributed by atoms with Crippen molar-refractivity contribution >= 4 is 5.97 Å². The quantitative estimate of drug-likeness (QED) is 0.849. The predicted molar refractivity (Wildman–Crippen MR) is 99.5 cm³/mol. The SMILES string of the molecule is C[C@@H]1CN(C2CCC(C(=O)O)(C3CC3)CC2)CC[C@H]1c1ccc(F)cc1. The Labute approximate surface area is 155 Å². The summed E-state index contributed by atoms with van der Waals surface area (Å²) in [4.78, 5) is 14.5. The Kier molecular flexibility index (Phi) is 4.81. The largest absolute Gasteiger partial charge is 0.481 e. The predicted octanol–water partition coefficient (Wildman–Crippen LogP) is 4.67. The highest BCUT2D eigenvalue weighted by Gasteiger charge is 2.52. The van der Waals surface area contributed by atoms with E-state index in [1.807, 2.05) is 12.1 Å². The molecule has 0 spiro atoms. The third kappa shape index (κ3) is 3.28. The first-order valence-electron chi connectivity index (χ1n) is 10.2. The van der Waals surface area contributed by atoms with Crippen LogP contribution in [0, 0.1) is 23.1 Å². The zero-order chi connectivity index (χ0) is 18.3. The van der Waals surface area contributed by atoms with E-state index in [0.29, 0.717) is 23.8 Å². The maximum absolute atomic E-state index is 13.2. The van der Waals surface area contributed by atoms with E-state index in [1.165, 1.54) is 5.56 Å². The molecule has 0 bridgehead atoms. The summed E-state index contributed by atoms with van der Waals surface area (Å²) in [6, 6.07) is 7.54. The fourth-order valence-electron chi connectivity index (χ4n) is 5.63. The van der Waals surface area contributed by atoms with Crippen molar-refractivity contribution in [3.8, 4) is 0 Å². The van der Waals surface area contributed by atoms with Gasteiger partial charge in [-0.25, -0.2) is 4.39 Å². The smallest absolute Gasteiger partial charge is 0.309 e. The number of nitrogens with zero attached hydrogens (tertiary/aromatic N) is 1. The standard InChI is InChI=1S/C22H30FNO2/c1-15-14-24(13-10-20(15)16-2-6-18(23)7-3-16)19-8-11-22(12-9-19,21(25)26)17-4-5-17/h2-3,6-7,15,17,19-20H,4-5,8-14H2,1H3,(H,25,26)/t15-,19?,20-,22?/m1/s1. The van der Waals surface area contributed by atoms with E-state index in [1.54, 1.807) is 12.1 Å². The summed E-state index contributed by atoms with van der Waals surface area (Å²) in [6.07, 6.45) is 7.07. The van der Waals surface area contributed by atoms with Gasteiger partial charge in [0.15, 0.2) is 0 Å².